The van der Waals surface area contributed by atoms with Crippen molar-refractivity contribution in [1.29, 1.82) is 0 Å². The maximum atomic E-state index is 11.1. The van der Waals surface area contributed by atoms with Gasteiger partial charge < -0.3 is 20.1 Å². The number of methoxy groups -OCH3 is 2. The molecule has 0 amide bonds. The molecule has 0 fully saturated rings. The van der Waals surface area contributed by atoms with Gasteiger partial charge in [-0.2, -0.15) is 0 Å². The summed E-state index contributed by atoms with van der Waals surface area (Å²) in [6, 6.07) is 5.55. The lowest BCUT2D eigenvalue weighted by Gasteiger charge is -2.14. The summed E-state index contributed by atoms with van der Waals surface area (Å²) < 4.78 is 32.7. The van der Waals surface area contributed by atoms with Crippen LogP contribution in [0.15, 0.2) is 23.2 Å². The van der Waals surface area contributed by atoms with Crippen molar-refractivity contribution in [2.45, 2.75) is 6.54 Å². The lowest BCUT2D eigenvalue weighted by atomic mass is 10.2. The topological polar surface area (TPSA) is 89.0 Å². The summed E-state index contributed by atoms with van der Waals surface area (Å²) in [4.78, 5) is 4.05. The Morgan fingerprint density at radius 1 is 1.22 bits per heavy atom. The SMILES string of the molecule is CN=C(NCCS(C)(=O)=O)NCc1ccc(OC)cc1OC.I. The van der Waals surface area contributed by atoms with Gasteiger partial charge in [0.25, 0.3) is 0 Å². The van der Waals surface area contributed by atoms with E-state index in [1.807, 2.05) is 12.1 Å². The van der Waals surface area contributed by atoms with E-state index in [0.717, 1.165) is 11.3 Å². The van der Waals surface area contributed by atoms with Gasteiger partial charge in [-0.05, 0) is 12.1 Å². The normalized spacial score (nSPS) is 11.4. The van der Waals surface area contributed by atoms with E-state index >= 15 is 0 Å². The molecular weight excluding hydrogens is 433 g/mol. The molecular formula is C14H24IN3O4S. The molecule has 0 spiro atoms. The van der Waals surface area contributed by atoms with Gasteiger partial charge in [0.05, 0.1) is 20.0 Å². The summed E-state index contributed by atoms with van der Waals surface area (Å²) in [5.41, 5.74) is 0.939. The van der Waals surface area contributed by atoms with Crippen molar-refractivity contribution in [2.24, 2.45) is 4.99 Å². The minimum atomic E-state index is -2.99. The van der Waals surface area contributed by atoms with Crippen molar-refractivity contribution in [1.82, 2.24) is 10.6 Å². The van der Waals surface area contributed by atoms with E-state index in [4.69, 9.17) is 9.47 Å². The highest BCUT2D eigenvalue weighted by Crippen LogP contribution is 2.24. The second kappa shape index (κ2) is 10.5. The molecule has 7 nitrogen and oxygen atoms in total. The Balaban J connectivity index is 0.00000484. The molecule has 0 saturated heterocycles. The lowest BCUT2D eigenvalue weighted by Crippen LogP contribution is -2.39. The van der Waals surface area contributed by atoms with Gasteiger partial charge in [-0.1, -0.05) is 0 Å². The zero-order valence-corrected chi connectivity index (χ0v) is 16.9. The van der Waals surface area contributed by atoms with Crippen molar-refractivity contribution in [3.05, 3.63) is 23.8 Å². The van der Waals surface area contributed by atoms with Crippen LogP contribution >= 0.6 is 24.0 Å². The molecule has 0 aliphatic heterocycles. The first kappa shape index (κ1) is 21.8. The van der Waals surface area contributed by atoms with E-state index in [1.165, 1.54) is 6.26 Å². The van der Waals surface area contributed by atoms with E-state index in [0.29, 0.717) is 24.8 Å². The zero-order valence-electron chi connectivity index (χ0n) is 13.8. The minimum Gasteiger partial charge on any atom is -0.497 e. The maximum Gasteiger partial charge on any atom is 0.191 e. The molecule has 132 valence electrons. The zero-order chi connectivity index (χ0) is 16.6. The second-order valence-electron chi connectivity index (χ2n) is 4.66. The second-order valence-corrected chi connectivity index (χ2v) is 6.92. The molecule has 0 radical (unpaired) electrons. The van der Waals surface area contributed by atoms with Crippen LogP contribution in [-0.4, -0.2) is 54.2 Å². The highest BCUT2D eigenvalue weighted by molar-refractivity contribution is 14.0. The summed E-state index contributed by atoms with van der Waals surface area (Å²) in [5.74, 6) is 2.01. The van der Waals surface area contributed by atoms with Gasteiger partial charge in [0, 0.05) is 38.0 Å². The quantitative estimate of drug-likeness (QED) is 0.361. The number of aliphatic imine (C=N–C) groups is 1. The molecule has 0 saturated carbocycles. The van der Waals surface area contributed by atoms with E-state index in [-0.39, 0.29) is 29.7 Å². The fraction of sp³-hybridized carbons (Fsp3) is 0.500. The molecule has 23 heavy (non-hydrogen) atoms. The van der Waals surface area contributed by atoms with Gasteiger partial charge in [-0.3, -0.25) is 4.99 Å². The molecule has 0 bridgehead atoms. The van der Waals surface area contributed by atoms with E-state index in [9.17, 15) is 8.42 Å². The number of nitrogens with one attached hydrogen (secondary N) is 2. The largest absolute Gasteiger partial charge is 0.497 e. The van der Waals surface area contributed by atoms with Crippen molar-refractivity contribution in [2.75, 3.05) is 39.8 Å². The molecule has 0 aliphatic carbocycles. The molecule has 1 rings (SSSR count). The van der Waals surface area contributed by atoms with Crippen molar-refractivity contribution < 1.29 is 17.9 Å². The smallest absolute Gasteiger partial charge is 0.191 e. The van der Waals surface area contributed by atoms with Crippen molar-refractivity contribution in [3.63, 3.8) is 0 Å². The predicted molar refractivity (Wildman–Crippen MR) is 103 cm³/mol. The molecule has 0 unspecified atom stereocenters. The minimum absolute atomic E-state index is 0. The van der Waals surface area contributed by atoms with Crippen molar-refractivity contribution >= 4 is 39.8 Å². The summed E-state index contributed by atoms with van der Waals surface area (Å²) in [6.07, 6.45) is 1.20. The molecule has 0 heterocycles. The van der Waals surface area contributed by atoms with Gasteiger partial charge in [0.15, 0.2) is 5.96 Å². The highest BCUT2D eigenvalue weighted by atomic mass is 127. The number of hydrogen-bond acceptors (Lipinski definition) is 5. The first-order chi connectivity index (χ1) is 10.4. The third-order valence-corrected chi connectivity index (χ3v) is 3.88. The Morgan fingerprint density at radius 2 is 1.91 bits per heavy atom. The van der Waals surface area contributed by atoms with Crippen LogP contribution in [0.3, 0.4) is 0 Å². The fourth-order valence-corrected chi connectivity index (χ4v) is 2.23. The number of sulfone groups is 1. The Bertz CT molecular complexity index is 620. The monoisotopic (exact) mass is 457 g/mol. The number of halogens is 1. The average Bonchev–Trinajstić information content (AvgIpc) is 2.49. The Labute approximate surface area is 154 Å². The Kier molecular flexibility index (Phi) is 9.96. The van der Waals surface area contributed by atoms with Crippen LogP contribution in [0.2, 0.25) is 0 Å². The van der Waals surface area contributed by atoms with Crippen LogP contribution in [0, 0.1) is 0 Å². The predicted octanol–water partition coefficient (Wildman–Crippen LogP) is 1.03. The van der Waals surface area contributed by atoms with Crippen LogP contribution in [0.25, 0.3) is 0 Å². The third kappa shape index (κ3) is 8.26. The first-order valence-electron chi connectivity index (χ1n) is 6.72. The van der Waals surface area contributed by atoms with Gasteiger partial charge >= 0.3 is 0 Å². The third-order valence-electron chi connectivity index (χ3n) is 2.93. The summed E-state index contributed by atoms with van der Waals surface area (Å²) in [6.45, 7) is 0.796. The van der Waals surface area contributed by atoms with Gasteiger partial charge in [-0.15, -0.1) is 24.0 Å². The molecule has 1 aromatic carbocycles. The van der Waals surface area contributed by atoms with Gasteiger partial charge in [-0.25, -0.2) is 8.42 Å². The molecule has 0 atom stereocenters. The van der Waals surface area contributed by atoms with Crippen LogP contribution in [-0.2, 0) is 16.4 Å². The standard InChI is InChI=1S/C14H23N3O4S.HI/c1-15-14(16-7-8-22(4,18)19)17-10-11-5-6-12(20-2)9-13(11)21-3;/h5-6,9H,7-8,10H2,1-4H3,(H2,15,16,17);1H. The van der Waals surface area contributed by atoms with E-state index in [1.54, 1.807) is 27.3 Å². The highest BCUT2D eigenvalue weighted by Gasteiger charge is 2.07. The molecule has 9 heteroatoms. The number of nitrogens with zero attached hydrogens (tertiary/aromatic N) is 1. The summed E-state index contributed by atoms with van der Waals surface area (Å²) >= 11 is 0. The van der Waals surface area contributed by atoms with Crippen LogP contribution < -0.4 is 20.1 Å². The summed E-state index contributed by atoms with van der Waals surface area (Å²) in [5, 5.41) is 6.06. The van der Waals surface area contributed by atoms with Gasteiger partial charge in [0.2, 0.25) is 0 Å². The number of hydrogen-bond donors (Lipinski definition) is 2. The fourth-order valence-electron chi connectivity index (χ4n) is 1.75. The Morgan fingerprint density at radius 3 is 2.43 bits per heavy atom. The van der Waals surface area contributed by atoms with E-state index < -0.39 is 9.84 Å². The van der Waals surface area contributed by atoms with Gasteiger partial charge in [0.1, 0.15) is 21.3 Å². The number of rotatable bonds is 7. The Hall–Kier alpha value is -1.23. The molecule has 2 N–H and O–H groups in total. The first-order valence-corrected chi connectivity index (χ1v) is 8.79. The summed E-state index contributed by atoms with van der Waals surface area (Å²) in [7, 11) is 1.83. The van der Waals surface area contributed by atoms with E-state index in [2.05, 4.69) is 15.6 Å². The van der Waals surface area contributed by atoms with Crippen molar-refractivity contribution in [3.8, 4) is 11.5 Å². The van der Waals surface area contributed by atoms with Crippen LogP contribution in [0.4, 0.5) is 0 Å². The maximum absolute atomic E-state index is 11.1. The van der Waals surface area contributed by atoms with Crippen LogP contribution in [0.5, 0.6) is 11.5 Å². The number of benzene rings is 1. The number of guanidine groups is 1. The number of ether oxygens (including phenoxy) is 2. The average molecular weight is 457 g/mol. The lowest BCUT2D eigenvalue weighted by molar-refractivity contribution is 0.390. The molecule has 0 aliphatic rings. The molecule has 1 aromatic rings. The molecule has 0 aromatic heterocycles. The van der Waals surface area contributed by atoms with Crippen LogP contribution in [0.1, 0.15) is 5.56 Å².